The number of carboxylic acids is 1. The van der Waals surface area contributed by atoms with Gasteiger partial charge >= 0.3 is 5.97 Å². The minimum absolute atomic E-state index is 0.0917. The Morgan fingerprint density at radius 3 is 2.81 bits per heavy atom. The van der Waals surface area contributed by atoms with Crippen LogP contribution in [0.4, 0.5) is 0 Å². The molecule has 0 unspecified atom stereocenters. The van der Waals surface area contributed by atoms with Crippen LogP contribution < -0.4 is 0 Å². The molecule has 5 heteroatoms. The van der Waals surface area contributed by atoms with Gasteiger partial charge in [-0.15, -0.1) is 0 Å². The fourth-order valence-corrected chi connectivity index (χ4v) is 1.86. The Bertz CT molecular complexity index is 560. The van der Waals surface area contributed by atoms with Crippen LogP contribution in [0, 0.1) is 0 Å². The molecule has 0 aromatic carbocycles. The molecule has 0 bridgehead atoms. The lowest BCUT2D eigenvalue weighted by Crippen LogP contribution is -2.03. The van der Waals surface area contributed by atoms with E-state index in [4.69, 9.17) is 16.7 Å². The number of rotatable bonds is 2. The summed E-state index contributed by atoms with van der Waals surface area (Å²) in [5.74, 6) is 0.0230. The molecule has 0 saturated heterocycles. The van der Waals surface area contributed by atoms with E-state index in [1.165, 1.54) is 6.20 Å². The zero-order valence-corrected chi connectivity index (χ0v) is 9.69. The lowest BCUT2D eigenvalue weighted by atomic mass is 10.2. The van der Waals surface area contributed by atoms with Crippen LogP contribution in [0.3, 0.4) is 0 Å². The number of halogens is 1. The second-order valence-corrected chi connectivity index (χ2v) is 4.31. The van der Waals surface area contributed by atoms with E-state index in [-0.39, 0.29) is 16.5 Å². The van der Waals surface area contributed by atoms with Crippen LogP contribution in [-0.2, 0) is 0 Å². The molecule has 2 aromatic rings. The van der Waals surface area contributed by atoms with Crippen LogP contribution >= 0.6 is 11.6 Å². The van der Waals surface area contributed by atoms with Gasteiger partial charge in [-0.2, -0.15) is 0 Å². The molecule has 0 saturated carbocycles. The zero-order valence-electron chi connectivity index (χ0n) is 8.94. The number of carboxylic acid groups (broad SMARTS) is 1. The van der Waals surface area contributed by atoms with Gasteiger partial charge in [-0.1, -0.05) is 25.4 Å². The molecule has 0 atom stereocenters. The Labute approximate surface area is 97.5 Å². The van der Waals surface area contributed by atoms with E-state index in [1.54, 1.807) is 16.7 Å². The van der Waals surface area contributed by atoms with Crippen LogP contribution in [0.1, 0.15) is 35.9 Å². The monoisotopic (exact) mass is 238 g/mol. The van der Waals surface area contributed by atoms with Crippen molar-refractivity contribution in [1.29, 1.82) is 0 Å². The number of fused-ring (bicyclic) bond motifs is 1. The van der Waals surface area contributed by atoms with Gasteiger partial charge in [-0.3, -0.25) is 0 Å². The van der Waals surface area contributed by atoms with Gasteiger partial charge < -0.3 is 9.51 Å². The molecule has 84 valence electrons. The minimum Gasteiger partial charge on any atom is -0.478 e. The molecule has 0 fully saturated rings. The molecule has 4 nitrogen and oxygen atoms in total. The number of aromatic carboxylic acids is 1. The molecular formula is C11H11ClN2O2. The molecular weight excluding hydrogens is 228 g/mol. The molecule has 0 aliphatic heterocycles. The van der Waals surface area contributed by atoms with Gasteiger partial charge in [0.25, 0.3) is 0 Å². The number of nitrogens with zero attached hydrogens (tertiary/aromatic N) is 2. The average molecular weight is 239 g/mol. The molecule has 2 heterocycles. The molecule has 1 N–H and O–H groups in total. The van der Waals surface area contributed by atoms with E-state index in [9.17, 15) is 4.79 Å². The van der Waals surface area contributed by atoms with E-state index in [2.05, 4.69) is 4.98 Å². The SMILES string of the molecule is CC(C)c1ncc2cc(Cl)c(C(=O)O)cn12. The third-order valence-corrected chi connectivity index (χ3v) is 2.70. The Morgan fingerprint density at radius 1 is 1.56 bits per heavy atom. The van der Waals surface area contributed by atoms with Gasteiger partial charge in [0.1, 0.15) is 5.82 Å². The second kappa shape index (κ2) is 3.79. The van der Waals surface area contributed by atoms with Gasteiger partial charge in [0.15, 0.2) is 0 Å². The molecule has 0 aliphatic carbocycles. The summed E-state index contributed by atoms with van der Waals surface area (Å²) >= 11 is 5.87. The largest absolute Gasteiger partial charge is 0.478 e. The van der Waals surface area contributed by atoms with Crippen LogP contribution in [0.15, 0.2) is 18.5 Å². The fraction of sp³-hybridized carbons (Fsp3) is 0.273. The molecule has 0 spiro atoms. The van der Waals surface area contributed by atoms with Crippen molar-refractivity contribution in [1.82, 2.24) is 9.38 Å². The summed E-state index contributed by atoms with van der Waals surface area (Å²) in [6.45, 7) is 4.01. The Morgan fingerprint density at radius 2 is 2.25 bits per heavy atom. The maximum absolute atomic E-state index is 11.0. The molecule has 0 aliphatic rings. The predicted molar refractivity (Wildman–Crippen MR) is 61.3 cm³/mol. The summed E-state index contributed by atoms with van der Waals surface area (Å²) in [6.07, 6.45) is 3.20. The topological polar surface area (TPSA) is 54.6 Å². The van der Waals surface area contributed by atoms with Crippen molar-refractivity contribution in [3.63, 3.8) is 0 Å². The summed E-state index contributed by atoms with van der Waals surface area (Å²) in [5, 5.41) is 9.21. The van der Waals surface area contributed by atoms with E-state index in [0.29, 0.717) is 0 Å². The lowest BCUT2D eigenvalue weighted by Gasteiger charge is -2.06. The van der Waals surface area contributed by atoms with Gasteiger partial charge in [0.2, 0.25) is 0 Å². The van der Waals surface area contributed by atoms with Crippen molar-refractivity contribution in [3.8, 4) is 0 Å². The van der Waals surface area contributed by atoms with E-state index < -0.39 is 5.97 Å². The maximum Gasteiger partial charge on any atom is 0.338 e. The van der Waals surface area contributed by atoms with Gasteiger partial charge in [-0.25, -0.2) is 9.78 Å². The first-order valence-electron chi connectivity index (χ1n) is 4.90. The third-order valence-electron chi connectivity index (χ3n) is 2.39. The molecule has 2 aromatic heterocycles. The number of carbonyl (C=O) groups is 1. The van der Waals surface area contributed by atoms with Gasteiger partial charge in [-0.05, 0) is 6.07 Å². The smallest absolute Gasteiger partial charge is 0.338 e. The summed E-state index contributed by atoms with van der Waals surface area (Å²) in [6, 6.07) is 1.61. The normalized spacial score (nSPS) is 11.2. The lowest BCUT2D eigenvalue weighted by molar-refractivity contribution is 0.0696. The van der Waals surface area contributed by atoms with Crippen molar-refractivity contribution in [2.75, 3.05) is 0 Å². The number of pyridine rings is 1. The first-order valence-corrected chi connectivity index (χ1v) is 5.28. The highest BCUT2D eigenvalue weighted by atomic mass is 35.5. The Hall–Kier alpha value is -1.55. The van der Waals surface area contributed by atoms with Crippen molar-refractivity contribution in [2.45, 2.75) is 19.8 Å². The van der Waals surface area contributed by atoms with Crippen LogP contribution in [-0.4, -0.2) is 20.5 Å². The average Bonchev–Trinajstić information content (AvgIpc) is 2.58. The van der Waals surface area contributed by atoms with Crippen molar-refractivity contribution in [3.05, 3.63) is 34.9 Å². The summed E-state index contributed by atoms with van der Waals surface area (Å²) < 4.78 is 1.76. The quantitative estimate of drug-likeness (QED) is 0.875. The van der Waals surface area contributed by atoms with Gasteiger partial charge in [0, 0.05) is 12.1 Å². The van der Waals surface area contributed by atoms with Crippen molar-refractivity contribution in [2.24, 2.45) is 0 Å². The zero-order chi connectivity index (χ0) is 11.9. The Kier molecular flexibility index (Phi) is 2.59. The highest BCUT2D eigenvalue weighted by molar-refractivity contribution is 6.33. The van der Waals surface area contributed by atoms with Crippen LogP contribution in [0.2, 0.25) is 5.02 Å². The summed E-state index contributed by atoms with van der Waals surface area (Å²) in [7, 11) is 0. The standard InChI is InChI=1S/C11H11ClN2O2/c1-6(2)10-13-4-7-3-9(12)8(11(15)16)5-14(7)10/h3-6H,1-2H3,(H,15,16). The number of hydrogen-bond acceptors (Lipinski definition) is 2. The number of imidazole rings is 1. The van der Waals surface area contributed by atoms with E-state index in [0.717, 1.165) is 11.3 Å². The summed E-state index contributed by atoms with van der Waals surface area (Å²) in [4.78, 5) is 15.2. The predicted octanol–water partition coefficient (Wildman–Crippen LogP) is 2.81. The van der Waals surface area contributed by atoms with Crippen molar-refractivity contribution >= 4 is 23.1 Å². The minimum atomic E-state index is -1.03. The first-order chi connectivity index (χ1) is 7.50. The number of aromatic nitrogens is 2. The van der Waals surface area contributed by atoms with Crippen LogP contribution in [0.5, 0.6) is 0 Å². The molecule has 16 heavy (non-hydrogen) atoms. The number of hydrogen-bond donors (Lipinski definition) is 1. The Balaban J connectivity index is 2.74. The van der Waals surface area contributed by atoms with Crippen molar-refractivity contribution < 1.29 is 9.90 Å². The van der Waals surface area contributed by atoms with E-state index in [1.807, 2.05) is 13.8 Å². The summed E-state index contributed by atoms with van der Waals surface area (Å²) in [5.41, 5.74) is 0.896. The highest BCUT2D eigenvalue weighted by Crippen LogP contribution is 2.22. The molecule has 0 amide bonds. The van der Waals surface area contributed by atoms with Gasteiger partial charge in [0.05, 0.1) is 22.3 Å². The molecule has 2 rings (SSSR count). The second-order valence-electron chi connectivity index (χ2n) is 3.91. The maximum atomic E-state index is 11.0. The highest BCUT2D eigenvalue weighted by Gasteiger charge is 2.14. The van der Waals surface area contributed by atoms with Crippen LogP contribution in [0.25, 0.3) is 5.52 Å². The third kappa shape index (κ3) is 1.65. The fourth-order valence-electron chi connectivity index (χ4n) is 1.62. The molecule has 0 radical (unpaired) electrons. The first kappa shape index (κ1) is 11.0. The van der Waals surface area contributed by atoms with E-state index >= 15 is 0 Å².